The van der Waals surface area contributed by atoms with E-state index in [1.54, 1.807) is 28.4 Å². The molecule has 1 aromatic carbocycles. The standard InChI is InChI=1S/C17H19Cl2N3OS/c18-13-2-1-3-14(10-13)20-17(23)12-22-8-6-21(7-9-22)11-15-4-5-16(19)24-15/h1-5,10H,6-9,11-12H2,(H,20,23)/p+2. The number of piperazine rings is 1. The van der Waals surface area contributed by atoms with Crippen molar-refractivity contribution in [2.75, 3.05) is 38.0 Å². The second kappa shape index (κ2) is 8.32. The summed E-state index contributed by atoms with van der Waals surface area (Å²) in [4.78, 5) is 16.4. The van der Waals surface area contributed by atoms with Gasteiger partial charge in [0.25, 0.3) is 5.91 Å². The van der Waals surface area contributed by atoms with Crippen molar-refractivity contribution >= 4 is 46.1 Å². The van der Waals surface area contributed by atoms with Gasteiger partial charge in [0.15, 0.2) is 6.54 Å². The van der Waals surface area contributed by atoms with Crippen molar-refractivity contribution in [3.05, 3.63) is 50.6 Å². The molecule has 1 fully saturated rings. The van der Waals surface area contributed by atoms with Gasteiger partial charge in [0.05, 0.1) is 9.21 Å². The molecule has 0 radical (unpaired) electrons. The van der Waals surface area contributed by atoms with Gasteiger partial charge in [-0.05, 0) is 30.3 Å². The molecule has 0 saturated carbocycles. The fourth-order valence-electron chi connectivity index (χ4n) is 3.00. The minimum atomic E-state index is 0.0424. The molecule has 7 heteroatoms. The van der Waals surface area contributed by atoms with Crippen LogP contribution in [0.25, 0.3) is 0 Å². The normalized spacial score (nSPS) is 20.8. The fraction of sp³-hybridized carbons (Fsp3) is 0.353. The monoisotopic (exact) mass is 385 g/mol. The van der Waals surface area contributed by atoms with E-state index in [0.29, 0.717) is 11.6 Å². The Hall–Kier alpha value is -1.11. The third-order valence-corrected chi connectivity index (χ3v) is 5.70. The molecule has 0 atom stereocenters. The quantitative estimate of drug-likeness (QED) is 0.704. The number of hydrogen-bond donors (Lipinski definition) is 3. The van der Waals surface area contributed by atoms with Crippen molar-refractivity contribution in [3.8, 4) is 0 Å². The number of carbonyl (C=O) groups excluding carboxylic acids is 1. The molecule has 0 unspecified atom stereocenters. The van der Waals surface area contributed by atoms with Crippen LogP contribution in [-0.4, -0.2) is 38.6 Å². The zero-order valence-corrected chi connectivity index (χ0v) is 15.6. The summed E-state index contributed by atoms with van der Waals surface area (Å²) in [5, 5.41) is 3.55. The van der Waals surface area contributed by atoms with Crippen LogP contribution in [0.15, 0.2) is 36.4 Å². The Balaban J connectivity index is 1.42. The van der Waals surface area contributed by atoms with Crippen LogP contribution < -0.4 is 15.1 Å². The second-order valence-electron chi connectivity index (χ2n) is 6.12. The van der Waals surface area contributed by atoms with Crippen molar-refractivity contribution in [1.29, 1.82) is 0 Å². The van der Waals surface area contributed by atoms with Crippen LogP contribution in [0.5, 0.6) is 0 Å². The maximum atomic E-state index is 12.2. The third-order valence-electron chi connectivity index (χ3n) is 4.24. The van der Waals surface area contributed by atoms with E-state index in [2.05, 4.69) is 11.4 Å². The summed E-state index contributed by atoms with van der Waals surface area (Å²) in [5.74, 6) is 0.0424. The molecule has 3 N–H and O–H groups in total. The van der Waals surface area contributed by atoms with Gasteiger partial charge in [0.2, 0.25) is 0 Å². The molecule has 1 aliphatic heterocycles. The lowest BCUT2D eigenvalue weighted by Gasteiger charge is -2.29. The SMILES string of the molecule is O=C(C[NH+]1CC[NH+](Cc2ccc(Cl)s2)CC1)Nc1cccc(Cl)c1. The van der Waals surface area contributed by atoms with E-state index in [1.807, 2.05) is 18.2 Å². The number of quaternary nitrogens is 2. The first-order valence-electron chi connectivity index (χ1n) is 8.05. The van der Waals surface area contributed by atoms with Crippen molar-refractivity contribution < 1.29 is 14.6 Å². The number of anilines is 1. The molecule has 24 heavy (non-hydrogen) atoms. The first-order valence-corrected chi connectivity index (χ1v) is 9.62. The molecule has 3 rings (SSSR count). The fourth-order valence-corrected chi connectivity index (χ4v) is 4.35. The lowest BCUT2D eigenvalue weighted by Crippen LogP contribution is -3.28. The molecule has 0 spiro atoms. The van der Waals surface area contributed by atoms with E-state index < -0.39 is 0 Å². The molecule has 0 aliphatic carbocycles. The molecular formula is C17H21Cl2N3OS+2. The van der Waals surface area contributed by atoms with Gasteiger partial charge in [0.1, 0.15) is 32.7 Å². The summed E-state index contributed by atoms with van der Waals surface area (Å²) < 4.78 is 0.853. The maximum absolute atomic E-state index is 12.2. The summed E-state index contributed by atoms with van der Waals surface area (Å²) in [6, 6.07) is 11.3. The van der Waals surface area contributed by atoms with E-state index in [-0.39, 0.29) is 5.91 Å². The average molecular weight is 386 g/mol. The van der Waals surface area contributed by atoms with Gasteiger partial charge in [-0.2, -0.15) is 0 Å². The van der Waals surface area contributed by atoms with Crippen molar-refractivity contribution in [1.82, 2.24) is 0 Å². The molecule has 0 bridgehead atoms. The Kier molecular flexibility index (Phi) is 6.14. The number of hydrogen-bond acceptors (Lipinski definition) is 2. The van der Waals surface area contributed by atoms with Crippen LogP contribution in [0.4, 0.5) is 5.69 Å². The van der Waals surface area contributed by atoms with Crippen molar-refractivity contribution in [3.63, 3.8) is 0 Å². The van der Waals surface area contributed by atoms with Gasteiger partial charge in [-0.1, -0.05) is 29.3 Å². The lowest BCUT2D eigenvalue weighted by atomic mass is 10.3. The molecule has 128 valence electrons. The highest BCUT2D eigenvalue weighted by atomic mass is 35.5. The maximum Gasteiger partial charge on any atom is 0.279 e. The first kappa shape index (κ1) is 17.7. The number of carbonyl (C=O) groups is 1. The highest BCUT2D eigenvalue weighted by Crippen LogP contribution is 2.20. The van der Waals surface area contributed by atoms with Crippen LogP contribution in [0.2, 0.25) is 9.36 Å². The van der Waals surface area contributed by atoms with E-state index in [9.17, 15) is 4.79 Å². The number of thiophene rings is 1. The Morgan fingerprint density at radius 3 is 2.50 bits per heavy atom. The summed E-state index contributed by atoms with van der Waals surface area (Å²) >= 11 is 13.6. The lowest BCUT2D eigenvalue weighted by molar-refractivity contribution is -1.01. The average Bonchev–Trinajstić information content (AvgIpc) is 2.94. The van der Waals surface area contributed by atoms with Gasteiger partial charge >= 0.3 is 0 Å². The second-order valence-corrected chi connectivity index (χ2v) is 8.35. The summed E-state index contributed by atoms with van der Waals surface area (Å²) in [5.41, 5.74) is 0.755. The number of nitrogens with one attached hydrogen (secondary N) is 3. The molecule has 1 aromatic heterocycles. The summed E-state index contributed by atoms with van der Waals surface area (Å²) in [6.07, 6.45) is 0. The summed E-state index contributed by atoms with van der Waals surface area (Å²) in [6.45, 7) is 5.71. The van der Waals surface area contributed by atoms with Crippen LogP contribution >= 0.6 is 34.5 Å². The number of benzene rings is 1. The number of rotatable bonds is 5. The number of amides is 1. The molecule has 4 nitrogen and oxygen atoms in total. The molecule has 1 amide bonds. The van der Waals surface area contributed by atoms with Crippen LogP contribution in [0.1, 0.15) is 4.88 Å². The molecule has 2 heterocycles. The Morgan fingerprint density at radius 1 is 1.08 bits per heavy atom. The predicted octanol–water partition coefficient (Wildman–Crippen LogP) is 0.977. The molecular weight excluding hydrogens is 365 g/mol. The van der Waals surface area contributed by atoms with Gasteiger partial charge in [-0.3, -0.25) is 4.79 Å². The topological polar surface area (TPSA) is 38.0 Å². The Bertz CT molecular complexity index is 699. The van der Waals surface area contributed by atoms with Gasteiger partial charge in [-0.15, -0.1) is 11.3 Å². The first-order chi connectivity index (χ1) is 11.6. The minimum absolute atomic E-state index is 0.0424. The highest BCUT2D eigenvalue weighted by molar-refractivity contribution is 7.16. The van der Waals surface area contributed by atoms with E-state index in [1.165, 1.54) is 9.78 Å². The molecule has 1 saturated heterocycles. The largest absolute Gasteiger partial charge is 0.321 e. The summed E-state index contributed by atoms with van der Waals surface area (Å²) in [7, 11) is 0. The Morgan fingerprint density at radius 2 is 1.83 bits per heavy atom. The van der Waals surface area contributed by atoms with Gasteiger partial charge < -0.3 is 15.1 Å². The molecule has 2 aromatic rings. The highest BCUT2D eigenvalue weighted by Gasteiger charge is 2.25. The van der Waals surface area contributed by atoms with Crippen LogP contribution in [0.3, 0.4) is 0 Å². The zero-order chi connectivity index (χ0) is 16.9. The van der Waals surface area contributed by atoms with Gasteiger partial charge in [0, 0.05) is 10.7 Å². The molecule has 1 aliphatic rings. The van der Waals surface area contributed by atoms with E-state index in [4.69, 9.17) is 23.2 Å². The predicted molar refractivity (Wildman–Crippen MR) is 99.4 cm³/mol. The van der Waals surface area contributed by atoms with Crippen LogP contribution in [-0.2, 0) is 11.3 Å². The van der Waals surface area contributed by atoms with Crippen molar-refractivity contribution in [2.45, 2.75) is 6.54 Å². The third kappa shape index (κ3) is 5.19. The van der Waals surface area contributed by atoms with E-state index >= 15 is 0 Å². The Labute approximate surface area is 156 Å². The zero-order valence-electron chi connectivity index (χ0n) is 13.3. The smallest absolute Gasteiger partial charge is 0.279 e. The van der Waals surface area contributed by atoms with Crippen LogP contribution in [0, 0.1) is 0 Å². The number of halogens is 2. The minimum Gasteiger partial charge on any atom is -0.321 e. The van der Waals surface area contributed by atoms with Gasteiger partial charge in [-0.25, -0.2) is 0 Å². The van der Waals surface area contributed by atoms with E-state index in [0.717, 1.165) is 42.7 Å². The van der Waals surface area contributed by atoms with Crippen molar-refractivity contribution in [2.24, 2.45) is 0 Å².